The van der Waals surface area contributed by atoms with Gasteiger partial charge in [-0.1, -0.05) is 41.6 Å². The van der Waals surface area contributed by atoms with Crippen LogP contribution >= 0.6 is 11.8 Å². The first-order chi connectivity index (χ1) is 16.5. The van der Waals surface area contributed by atoms with Gasteiger partial charge in [-0.15, -0.1) is 10.2 Å². The van der Waals surface area contributed by atoms with Crippen molar-refractivity contribution in [2.45, 2.75) is 44.9 Å². The van der Waals surface area contributed by atoms with E-state index in [2.05, 4.69) is 22.3 Å². The maximum Gasteiger partial charge on any atom is 0.253 e. The fourth-order valence-corrected chi connectivity index (χ4v) is 4.91. The van der Waals surface area contributed by atoms with Crippen molar-refractivity contribution < 1.29 is 13.6 Å². The molecule has 1 aromatic carbocycles. The lowest BCUT2D eigenvalue weighted by molar-refractivity contribution is -0.130. The number of hydrazone groups is 1. The summed E-state index contributed by atoms with van der Waals surface area (Å²) in [5.41, 5.74) is 3.96. The van der Waals surface area contributed by atoms with E-state index < -0.39 is 0 Å². The van der Waals surface area contributed by atoms with E-state index in [0.29, 0.717) is 18.1 Å². The molecule has 3 aromatic heterocycles. The van der Waals surface area contributed by atoms with Gasteiger partial charge in [-0.25, -0.2) is 5.01 Å². The van der Waals surface area contributed by atoms with E-state index in [9.17, 15) is 4.79 Å². The van der Waals surface area contributed by atoms with E-state index in [-0.39, 0.29) is 17.7 Å². The molecule has 0 fully saturated rings. The fourth-order valence-electron chi connectivity index (χ4n) is 4.05. The first-order valence-electron chi connectivity index (χ1n) is 11.2. The van der Waals surface area contributed by atoms with Gasteiger partial charge in [0, 0.05) is 13.0 Å². The Morgan fingerprint density at radius 3 is 2.59 bits per heavy atom. The fraction of sp³-hybridized carbons (Fsp3) is 0.280. The summed E-state index contributed by atoms with van der Waals surface area (Å²) in [4.78, 5) is 13.3. The predicted octanol–water partition coefficient (Wildman–Crippen LogP) is 5.24. The highest BCUT2D eigenvalue weighted by Crippen LogP contribution is 2.34. The van der Waals surface area contributed by atoms with E-state index in [1.165, 1.54) is 17.3 Å². The molecule has 1 amide bonds. The Morgan fingerprint density at radius 2 is 1.91 bits per heavy atom. The van der Waals surface area contributed by atoms with Gasteiger partial charge in [-0.2, -0.15) is 5.10 Å². The predicted molar refractivity (Wildman–Crippen MR) is 129 cm³/mol. The number of hydrogen-bond donors (Lipinski definition) is 0. The van der Waals surface area contributed by atoms with Gasteiger partial charge in [0.2, 0.25) is 0 Å². The minimum absolute atomic E-state index is 0.111. The molecule has 0 N–H and O–H groups in total. The standard InChI is InChI=1S/C25H25N5O3S/c1-4-29-24(19-11-13-32-17(19)3)26-27-25(29)34-15-23(31)30-21(22-6-5-12-33-22)14-20(28-30)18-9-7-16(2)8-10-18/h5-13,21H,4,14-15H2,1-3H3. The van der Waals surface area contributed by atoms with Crippen LogP contribution in [0.3, 0.4) is 0 Å². The summed E-state index contributed by atoms with van der Waals surface area (Å²) in [6.45, 7) is 6.65. The number of benzene rings is 1. The number of hydrogen-bond acceptors (Lipinski definition) is 7. The van der Waals surface area contributed by atoms with Crippen LogP contribution in [0.2, 0.25) is 0 Å². The number of carbonyl (C=O) groups excluding carboxylic acids is 1. The number of aryl methyl sites for hydroxylation is 2. The molecule has 1 unspecified atom stereocenters. The second kappa shape index (κ2) is 9.34. The Morgan fingerprint density at radius 1 is 1.09 bits per heavy atom. The number of aromatic nitrogens is 3. The molecular formula is C25H25N5O3S. The molecular weight excluding hydrogens is 450 g/mol. The molecule has 1 aliphatic heterocycles. The molecule has 0 saturated heterocycles. The lowest BCUT2D eigenvalue weighted by Crippen LogP contribution is -2.28. The molecule has 0 aliphatic carbocycles. The van der Waals surface area contributed by atoms with Gasteiger partial charge in [0.15, 0.2) is 11.0 Å². The number of amides is 1. The van der Waals surface area contributed by atoms with Gasteiger partial charge >= 0.3 is 0 Å². The number of rotatable bonds is 7. The van der Waals surface area contributed by atoms with E-state index >= 15 is 0 Å². The second-order valence-corrected chi connectivity index (χ2v) is 9.06. The molecule has 0 spiro atoms. The second-order valence-electron chi connectivity index (χ2n) is 8.12. The zero-order valence-electron chi connectivity index (χ0n) is 19.3. The monoisotopic (exact) mass is 475 g/mol. The molecule has 5 rings (SSSR count). The van der Waals surface area contributed by atoms with E-state index in [4.69, 9.17) is 13.9 Å². The molecule has 9 heteroatoms. The average Bonchev–Trinajstić information content (AvgIpc) is 3.63. The van der Waals surface area contributed by atoms with Crippen molar-refractivity contribution in [1.82, 2.24) is 19.8 Å². The minimum atomic E-state index is -0.271. The Bertz CT molecular complexity index is 1320. The van der Waals surface area contributed by atoms with Crippen LogP contribution in [-0.4, -0.2) is 37.1 Å². The zero-order chi connectivity index (χ0) is 23.7. The summed E-state index contributed by atoms with van der Waals surface area (Å²) in [5.74, 6) is 2.31. The van der Waals surface area contributed by atoms with Crippen molar-refractivity contribution in [3.05, 3.63) is 77.6 Å². The zero-order valence-corrected chi connectivity index (χ0v) is 20.1. The Balaban J connectivity index is 1.37. The number of carbonyl (C=O) groups is 1. The Hall–Kier alpha value is -3.59. The lowest BCUT2D eigenvalue weighted by atomic mass is 10.0. The van der Waals surface area contributed by atoms with Gasteiger partial charge in [0.25, 0.3) is 5.91 Å². The first kappa shape index (κ1) is 22.2. The lowest BCUT2D eigenvalue weighted by Gasteiger charge is -2.19. The third kappa shape index (κ3) is 4.19. The smallest absolute Gasteiger partial charge is 0.253 e. The van der Waals surface area contributed by atoms with Crippen LogP contribution in [0.5, 0.6) is 0 Å². The Labute approximate surface area is 201 Å². The minimum Gasteiger partial charge on any atom is -0.469 e. The SMILES string of the molecule is CCn1c(SCC(=O)N2N=C(c3ccc(C)cc3)CC2c2ccco2)nnc1-c1ccoc1C. The quantitative estimate of drug-likeness (QED) is 0.340. The van der Waals surface area contributed by atoms with Crippen molar-refractivity contribution in [3.63, 3.8) is 0 Å². The van der Waals surface area contributed by atoms with Gasteiger partial charge in [-0.05, 0) is 44.5 Å². The van der Waals surface area contributed by atoms with Crippen molar-refractivity contribution in [1.29, 1.82) is 0 Å². The molecule has 1 atom stereocenters. The highest BCUT2D eigenvalue weighted by atomic mass is 32.2. The van der Waals surface area contributed by atoms with E-state index in [1.807, 2.05) is 55.7 Å². The molecule has 0 bridgehead atoms. The van der Waals surface area contributed by atoms with Gasteiger partial charge in [0.1, 0.15) is 17.6 Å². The van der Waals surface area contributed by atoms with Gasteiger partial charge in [0.05, 0.1) is 29.6 Å². The van der Waals surface area contributed by atoms with Crippen molar-refractivity contribution in [2.24, 2.45) is 5.10 Å². The third-order valence-electron chi connectivity index (χ3n) is 5.88. The van der Waals surface area contributed by atoms with Crippen LogP contribution in [0.4, 0.5) is 0 Å². The molecule has 4 heterocycles. The number of thioether (sulfide) groups is 1. The van der Waals surface area contributed by atoms with Crippen LogP contribution in [0.15, 0.2) is 74.1 Å². The highest BCUT2D eigenvalue weighted by molar-refractivity contribution is 7.99. The summed E-state index contributed by atoms with van der Waals surface area (Å²) in [7, 11) is 0. The van der Waals surface area contributed by atoms with Crippen LogP contribution in [0.1, 0.15) is 42.0 Å². The van der Waals surface area contributed by atoms with Crippen molar-refractivity contribution >= 4 is 23.4 Å². The third-order valence-corrected chi connectivity index (χ3v) is 6.83. The van der Waals surface area contributed by atoms with Crippen LogP contribution in [0.25, 0.3) is 11.4 Å². The van der Waals surface area contributed by atoms with Crippen LogP contribution in [0, 0.1) is 13.8 Å². The average molecular weight is 476 g/mol. The summed E-state index contributed by atoms with van der Waals surface area (Å²) < 4.78 is 13.1. The number of furan rings is 2. The molecule has 4 aromatic rings. The molecule has 0 radical (unpaired) electrons. The highest BCUT2D eigenvalue weighted by Gasteiger charge is 2.35. The largest absolute Gasteiger partial charge is 0.469 e. The molecule has 0 saturated carbocycles. The van der Waals surface area contributed by atoms with Crippen molar-refractivity contribution in [3.8, 4) is 11.4 Å². The van der Waals surface area contributed by atoms with Crippen LogP contribution < -0.4 is 0 Å². The molecule has 8 nitrogen and oxygen atoms in total. The maximum atomic E-state index is 13.3. The summed E-state index contributed by atoms with van der Waals surface area (Å²) in [6.07, 6.45) is 3.86. The van der Waals surface area contributed by atoms with Gasteiger partial charge < -0.3 is 13.4 Å². The van der Waals surface area contributed by atoms with E-state index in [1.54, 1.807) is 17.5 Å². The van der Waals surface area contributed by atoms with Crippen molar-refractivity contribution in [2.75, 3.05) is 5.75 Å². The van der Waals surface area contributed by atoms with Gasteiger partial charge in [-0.3, -0.25) is 4.79 Å². The molecule has 34 heavy (non-hydrogen) atoms. The first-order valence-corrected chi connectivity index (χ1v) is 12.1. The summed E-state index contributed by atoms with van der Waals surface area (Å²) in [6, 6.07) is 13.5. The summed E-state index contributed by atoms with van der Waals surface area (Å²) in [5, 5.41) is 15.6. The topological polar surface area (TPSA) is 89.7 Å². The maximum absolute atomic E-state index is 13.3. The summed E-state index contributed by atoms with van der Waals surface area (Å²) >= 11 is 1.36. The van der Waals surface area contributed by atoms with Crippen LogP contribution in [-0.2, 0) is 11.3 Å². The normalized spacial score (nSPS) is 15.7. The van der Waals surface area contributed by atoms with E-state index in [0.717, 1.165) is 34.2 Å². The molecule has 174 valence electrons. The Kier molecular flexibility index (Phi) is 6.10. The molecule has 1 aliphatic rings. The number of nitrogens with zero attached hydrogens (tertiary/aromatic N) is 5.